The number of furan rings is 1. The van der Waals surface area contributed by atoms with Gasteiger partial charge >= 0.3 is 6.03 Å². The molecule has 2 amide bonds. The van der Waals surface area contributed by atoms with Gasteiger partial charge in [-0.15, -0.1) is 0 Å². The lowest BCUT2D eigenvalue weighted by atomic mass is 10.1. The molecule has 2 heterocycles. The average molecular weight is 415 g/mol. The van der Waals surface area contributed by atoms with Crippen LogP contribution in [0.15, 0.2) is 46.9 Å². The second-order valence-electron chi connectivity index (χ2n) is 8.01. The number of aryl methyl sites for hydroxylation is 1. The van der Waals surface area contributed by atoms with Crippen LogP contribution in [0.2, 0.25) is 0 Å². The summed E-state index contributed by atoms with van der Waals surface area (Å²) < 4.78 is 11.3. The van der Waals surface area contributed by atoms with E-state index in [0.717, 1.165) is 31.0 Å². The Kier molecular flexibility index (Phi) is 8.30. The number of carbonyl (C=O) groups excluding carboxylic acids is 1. The molecule has 2 unspecified atom stereocenters. The number of amides is 2. The second-order valence-corrected chi connectivity index (χ2v) is 8.01. The first-order valence-corrected chi connectivity index (χ1v) is 10.6. The van der Waals surface area contributed by atoms with Crippen molar-refractivity contribution in [2.24, 2.45) is 0 Å². The van der Waals surface area contributed by atoms with Crippen molar-refractivity contribution in [1.29, 1.82) is 0 Å². The summed E-state index contributed by atoms with van der Waals surface area (Å²) in [6, 6.07) is 14.4. The van der Waals surface area contributed by atoms with Gasteiger partial charge in [-0.1, -0.05) is 30.3 Å². The molecule has 0 spiro atoms. The van der Waals surface area contributed by atoms with Crippen LogP contribution >= 0.6 is 0 Å². The number of hydrogen-bond donors (Lipinski definition) is 2. The van der Waals surface area contributed by atoms with Gasteiger partial charge in [-0.2, -0.15) is 0 Å². The molecule has 3 rings (SSSR count). The molecule has 0 radical (unpaired) electrons. The van der Waals surface area contributed by atoms with Gasteiger partial charge < -0.3 is 24.7 Å². The predicted molar refractivity (Wildman–Crippen MR) is 118 cm³/mol. The Hall–Kier alpha value is -2.35. The summed E-state index contributed by atoms with van der Waals surface area (Å²) in [5.41, 5.74) is 1.26. The summed E-state index contributed by atoms with van der Waals surface area (Å²) in [5, 5.41) is 6.07. The van der Waals surface area contributed by atoms with Crippen molar-refractivity contribution < 1.29 is 13.9 Å². The fourth-order valence-electron chi connectivity index (χ4n) is 3.72. The van der Waals surface area contributed by atoms with E-state index in [1.807, 2.05) is 51.4 Å². The highest BCUT2D eigenvalue weighted by Crippen LogP contribution is 2.23. The van der Waals surface area contributed by atoms with Crippen LogP contribution in [0.3, 0.4) is 0 Å². The summed E-state index contributed by atoms with van der Waals surface area (Å²) in [5.74, 6) is 1.76. The van der Waals surface area contributed by atoms with Gasteiger partial charge in [-0.05, 0) is 45.1 Å². The van der Waals surface area contributed by atoms with Gasteiger partial charge in [-0.25, -0.2) is 4.79 Å². The second kappa shape index (κ2) is 11.2. The average Bonchev–Trinajstić information content (AvgIpc) is 3.18. The van der Waals surface area contributed by atoms with E-state index in [2.05, 4.69) is 32.6 Å². The van der Waals surface area contributed by atoms with Crippen LogP contribution in [0.25, 0.3) is 0 Å². The predicted octanol–water partition coefficient (Wildman–Crippen LogP) is 2.43. The number of nitrogens with one attached hydrogen (secondary N) is 2. The highest BCUT2D eigenvalue weighted by atomic mass is 16.5. The molecule has 30 heavy (non-hydrogen) atoms. The molecule has 1 aliphatic heterocycles. The van der Waals surface area contributed by atoms with E-state index in [1.54, 1.807) is 0 Å². The molecule has 2 N–H and O–H groups in total. The summed E-state index contributed by atoms with van der Waals surface area (Å²) in [7, 11) is 4.09. The van der Waals surface area contributed by atoms with Crippen LogP contribution in [0.1, 0.15) is 23.1 Å². The van der Waals surface area contributed by atoms with E-state index in [-0.39, 0.29) is 18.1 Å². The summed E-state index contributed by atoms with van der Waals surface area (Å²) >= 11 is 0. The summed E-state index contributed by atoms with van der Waals surface area (Å²) in [6.07, 6.45) is 0.885. The van der Waals surface area contributed by atoms with Gasteiger partial charge in [0, 0.05) is 32.2 Å². The minimum atomic E-state index is -0.156. The molecule has 1 aromatic carbocycles. The zero-order chi connectivity index (χ0) is 21.3. The maximum Gasteiger partial charge on any atom is 0.314 e. The Labute approximate surface area is 179 Å². The fourth-order valence-corrected chi connectivity index (χ4v) is 3.72. The lowest BCUT2D eigenvalue weighted by Gasteiger charge is -2.33. The zero-order valence-electron chi connectivity index (χ0n) is 18.3. The van der Waals surface area contributed by atoms with E-state index >= 15 is 0 Å². The van der Waals surface area contributed by atoms with Gasteiger partial charge in [0.25, 0.3) is 0 Å². The van der Waals surface area contributed by atoms with Gasteiger partial charge in [0.15, 0.2) is 0 Å². The maximum absolute atomic E-state index is 12.5. The molecule has 2 atom stereocenters. The topological polar surface area (TPSA) is 70.0 Å². The standard InChI is InChI=1S/C23H34N4O3/c1-18-9-10-22(30-18)21(27-11-13-29-14-12-27)17-25-23(28)24-16-20(26(2)3)15-19-7-5-4-6-8-19/h4-10,20-21H,11-17H2,1-3H3,(H2,24,25,28). The molecule has 0 bridgehead atoms. The van der Waals surface area contributed by atoms with E-state index in [9.17, 15) is 4.79 Å². The van der Waals surface area contributed by atoms with Crippen molar-refractivity contribution in [2.75, 3.05) is 53.5 Å². The van der Waals surface area contributed by atoms with Crippen molar-refractivity contribution in [2.45, 2.75) is 25.4 Å². The zero-order valence-corrected chi connectivity index (χ0v) is 18.3. The molecule has 1 aromatic heterocycles. The molecule has 1 aliphatic rings. The number of likely N-dealkylation sites (N-methyl/N-ethyl adjacent to an activating group) is 1. The summed E-state index contributed by atoms with van der Waals surface area (Å²) in [4.78, 5) is 17.0. The Balaban J connectivity index is 1.52. The SMILES string of the molecule is Cc1ccc(C(CNC(=O)NCC(Cc2ccccc2)N(C)C)N2CCOCC2)o1. The first-order chi connectivity index (χ1) is 14.5. The number of urea groups is 1. The molecule has 1 fully saturated rings. The van der Waals surface area contributed by atoms with Crippen molar-refractivity contribution in [3.63, 3.8) is 0 Å². The molecule has 0 aliphatic carbocycles. The van der Waals surface area contributed by atoms with Crippen molar-refractivity contribution in [1.82, 2.24) is 20.4 Å². The highest BCUT2D eigenvalue weighted by molar-refractivity contribution is 5.73. The summed E-state index contributed by atoms with van der Waals surface area (Å²) in [6.45, 7) is 6.06. The van der Waals surface area contributed by atoms with E-state index in [4.69, 9.17) is 9.15 Å². The Morgan fingerprint density at radius 3 is 2.40 bits per heavy atom. The largest absolute Gasteiger partial charge is 0.465 e. The lowest BCUT2D eigenvalue weighted by molar-refractivity contribution is 0.0121. The van der Waals surface area contributed by atoms with Crippen LogP contribution < -0.4 is 10.6 Å². The smallest absolute Gasteiger partial charge is 0.314 e. The Bertz CT molecular complexity index is 772. The van der Waals surface area contributed by atoms with E-state index in [0.29, 0.717) is 26.3 Å². The number of hydrogen-bond acceptors (Lipinski definition) is 5. The number of rotatable bonds is 9. The van der Waals surface area contributed by atoms with Crippen molar-refractivity contribution in [3.05, 3.63) is 59.5 Å². The van der Waals surface area contributed by atoms with Gasteiger partial charge in [0.05, 0.1) is 19.3 Å². The third kappa shape index (κ3) is 6.58. The minimum absolute atomic E-state index is 0.00214. The Morgan fingerprint density at radius 1 is 1.07 bits per heavy atom. The number of carbonyl (C=O) groups is 1. The number of morpholine rings is 1. The third-order valence-electron chi connectivity index (χ3n) is 5.57. The number of benzene rings is 1. The minimum Gasteiger partial charge on any atom is -0.465 e. The first kappa shape index (κ1) is 22.3. The Morgan fingerprint density at radius 2 is 1.77 bits per heavy atom. The van der Waals surface area contributed by atoms with Crippen LogP contribution in [0.5, 0.6) is 0 Å². The molecule has 7 nitrogen and oxygen atoms in total. The van der Waals surface area contributed by atoms with Crippen LogP contribution in [0, 0.1) is 6.92 Å². The van der Waals surface area contributed by atoms with E-state index < -0.39 is 0 Å². The third-order valence-corrected chi connectivity index (χ3v) is 5.57. The van der Waals surface area contributed by atoms with E-state index in [1.165, 1.54) is 5.56 Å². The number of nitrogens with zero attached hydrogens (tertiary/aromatic N) is 2. The van der Waals surface area contributed by atoms with Crippen molar-refractivity contribution >= 4 is 6.03 Å². The fraction of sp³-hybridized carbons (Fsp3) is 0.522. The van der Waals surface area contributed by atoms with Gasteiger partial charge in [-0.3, -0.25) is 4.90 Å². The lowest BCUT2D eigenvalue weighted by Crippen LogP contribution is -2.48. The number of ether oxygens (including phenoxy) is 1. The first-order valence-electron chi connectivity index (χ1n) is 10.6. The quantitative estimate of drug-likeness (QED) is 0.660. The van der Waals surface area contributed by atoms with Crippen LogP contribution in [0.4, 0.5) is 4.79 Å². The monoisotopic (exact) mass is 414 g/mol. The molecular weight excluding hydrogens is 380 g/mol. The highest BCUT2D eigenvalue weighted by Gasteiger charge is 2.25. The van der Waals surface area contributed by atoms with Gasteiger partial charge in [0.1, 0.15) is 11.5 Å². The molecule has 164 valence electrons. The normalized spacial score (nSPS) is 16.9. The molecule has 7 heteroatoms. The maximum atomic E-state index is 12.5. The molecular formula is C23H34N4O3. The molecule has 0 saturated carbocycles. The molecule has 1 saturated heterocycles. The van der Waals surface area contributed by atoms with Gasteiger partial charge in [0.2, 0.25) is 0 Å². The van der Waals surface area contributed by atoms with Crippen LogP contribution in [-0.2, 0) is 11.2 Å². The van der Waals surface area contributed by atoms with Crippen LogP contribution in [-0.4, -0.2) is 75.4 Å². The molecule has 2 aromatic rings. The van der Waals surface area contributed by atoms with Crippen molar-refractivity contribution in [3.8, 4) is 0 Å².